The van der Waals surface area contributed by atoms with Gasteiger partial charge in [-0.3, -0.25) is 9.00 Å². The van der Waals surface area contributed by atoms with Crippen LogP contribution in [0.1, 0.15) is 29.8 Å². The molecule has 0 spiro atoms. The molecule has 1 fully saturated rings. The summed E-state index contributed by atoms with van der Waals surface area (Å²) in [6, 6.07) is 10.0. The van der Waals surface area contributed by atoms with Gasteiger partial charge >= 0.3 is 0 Å². The highest BCUT2D eigenvalue weighted by Gasteiger charge is 2.39. The van der Waals surface area contributed by atoms with Crippen molar-refractivity contribution in [3.63, 3.8) is 0 Å². The minimum Gasteiger partial charge on any atom is -0.346 e. The summed E-state index contributed by atoms with van der Waals surface area (Å²) in [6.45, 7) is 0. The molecule has 0 saturated heterocycles. The van der Waals surface area contributed by atoms with Crippen molar-refractivity contribution in [2.24, 2.45) is 0 Å². The summed E-state index contributed by atoms with van der Waals surface area (Å²) in [7, 11) is -1.21. The molecule has 0 aliphatic heterocycles. The van der Waals surface area contributed by atoms with Crippen LogP contribution >= 0.6 is 11.3 Å². The quantitative estimate of drug-likeness (QED) is 0.883. The van der Waals surface area contributed by atoms with Crippen LogP contribution in [0.25, 0.3) is 0 Å². The molecule has 1 amide bonds. The smallest absolute Gasteiger partial charge is 0.233 e. The van der Waals surface area contributed by atoms with Crippen molar-refractivity contribution in [2.75, 3.05) is 5.75 Å². The van der Waals surface area contributed by atoms with Crippen molar-refractivity contribution in [3.8, 4) is 0 Å². The molecule has 2 aromatic rings. The first-order chi connectivity index (χ1) is 10.7. The second-order valence-electron chi connectivity index (χ2n) is 5.50. The topological polar surface area (TPSA) is 59.1 Å². The van der Waals surface area contributed by atoms with Crippen LogP contribution in [0.2, 0.25) is 0 Å². The molecule has 0 unspecified atom stereocenters. The van der Waals surface area contributed by atoms with Gasteiger partial charge in [0.15, 0.2) is 0 Å². The Labute approximate surface area is 136 Å². The zero-order chi connectivity index (χ0) is 15.4. The van der Waals surface area contributed by atoms with Crippen molar-refractivity contribution in [2.45, 2.75) is 30.6 Å². The Morgan fingerprint density at radius 1 is 1.32 bits per heavy atom. The van der Waals surface area contributed by atoms with Gasteiger partial charge in [0.25, 0.3) is 0 Å². The number of hydrogen-bond donors (Lipinski definition) is 1. The molecular formula is C16H18N2O2S2. The lowest BCUT2D eigenvalue weighted by Gasteiger charge is -2.43. The van der Waals surface area contributed by atoms with Crippen LogP contribution < -0.4 is 5.32 Å². The number of carbonyl (C=O) groups excluding carboxylic acids is 1. The fourth-order valence-electron chi connectivity index (χ4n) is 2.74. The first-order valence-electron chi connectivity index (χ1n) is 7.28. The second kappa shape index (κ2) is 6.71. The summed E-state index contributed by atoms with van der Waals surface area (Å²) in [5.41, 5.74) is 0.879. The lowest BCUT2D eigenvalue weighted by molar-refractivity contribution is -0.121. The molecule has 0 radical (unpaired) electrons. The van der Waals surface area contributed by atoms with Crippen LogP contribution in [0.4, 0.5) is 0 Å². The van der Waals surface area contributed by atoms with E-state index >= 15 is 0 Å². The van der Waals surface area contributed by atoms with Gasteiger partial charge in [-0.2, -0.15) is 0 Å². The molecule has 1 atom stereocenters. The number of benzene rings is 1. The van der Waals surface area contributed by atoms with Gasteiger partial charge in [0.2, 0.25) is 5.91 Å². The normalized spacial score (nSPS) is 17.5. The van der Waals surface area contributed by atoms with Crippen molar-refractivity contribution < 1.29 is 9.00 Å². The molecule has 1 aliphatic carbocycles. The van der Waals surface area contributed by atoms with Gasteiger partial charge in [0, 0.05) is 22.4 Å². The fraction of sp³-hybridized carbons (Fsp3) is 0.375. The maximum Gasteiger partial charge on any atom is 0.233 e. The van der Waals surface area contributed by atoms with Gasteiger partial charge in [0.1, 0.15) is 10.8 Å². The van der Waals surface area contributed by atoms with Crippen molar-refractivity contribution in [3.05, 3.63) is 52.5 Å². The minimum absolute atomic E-state index is 0.0359. The van der Waals surface area contributed by atoms with E-state index in [0.29, 0.717) is 5.75 Å². The monoisotopic (exact) mass is 334 g/mol. The highest BCUT2D eigenvalue weighted by atomic mass is 32.2. The fourth-order valence-corrected chi connectivity index (χ4v) is 4.62. The van der Waals surface area contributed by atoms with E-state index in [2.05, 4.69) is 10.3 Å². The third kappa shape index (κ3) is 3.44. The lowest BCUT2D eigenvalue weighted by Crippen LogP contribution is -2.51. The van der Waals surface area contributed by atoms with Gasteiger partial charge in [-0.15, -0.1) is 11.3 Å². The van der Waals surface area contributed by atoms with E-state index in [1.54, 1.807) is 6.20 Å². The van der Waals surface area contributed by atoms with Crippen molar-refractivity contribution >= 4 is 28.0 Å². The van der Waals surface area contributed by atoms with E-state index in [-0.39, 0.29) is 17.2 Å². The number of hydrogen-bond acceptors (Lipinski definition) is 4. The van der Waals surface area contributed by atoms with E-state index < -0.39 is 10.8 Å². The number of amides is 1. The molecule has 1 N–H and O–H groups in total. The number of nitrogens with zero attached hydrogens (tertiary/aromatic N) is 1. The molecule has 4 nitrogen and oxygen atoms in total. The van der Waals surface area contributed by atoms with E-state index in [9.17, 15) is 9.00 Å². The molecule has 1 saturated carbocycles. The summed E-state index contributed by atoms with van der Waals surface area (Å²) in [5, 5.41) is 5.77. The average molecular weight is 334 g/mol. The van der Waals surface area contributed by atoms with E-state index in [4.69, 9.17) is 0 Å². The predicted octanol–water partition coefficient (Wildman–Crippen LogP) is 2.59. The van der Waals surface area contributed by atoms with Gasteiger partial charge < -0.3 is 5.32 Å². The SMILES string of the molecule is O=C(C[S@](=O)Cc1nccs1)NC1(c2ccccc2)CCC1. The first kappa shape index (κ1) is 15.4. The van der Waals surface area contributed by atoms with Crippen LogP contribution in [0.5, 0.6) is 0 Å². The Kier molecular flexibility index (Phi) is 4.69. The molecule has 1 aromatic heterocycles. The summed E-state index contributed by atoms with van der Waals surface area (Å²) < 4.78 is 12.1. The zero-order valence-electron chi connectivity index (χ0n) is 12.2. The third-order valence-corrected chi connectivity index (χ3v) is 6.11. The molecule has 0 bridgehead atoms. The van der Waals surface area contributed by atoms with Crippen LogP contribution in [0, 0.1) is 0 Å². The molecule has 1 aromatic carbocycles. The van der Waals surface area contributed by atoms with Gasteiger partial charge in [0.05, 0.1) is 11.3 Å². The zero-order valence-corrected chi connectivity index (χ0v) is 13.8. The van der Waals surface area contributed by atoms with Crippen molar-refractivity contribution in [1.29, 1.82) is 0 Å². The number of rotatable bonds is 6. The Hall–Kier alpha value is -1.53. The predicted molar refractivity (Wildman–Crippen MR) is 88.9 cm³/mol. The van der Waals surface area contributed by atoms with Crippen LogP contribution in [-0.4, -0.2) is 20.9 Å². The summed E-state index contributed by atoms with van der Waals surface area (Å²) in [5.74, 6) is 0.246. The van der Waals surface area contributed by atoms with Crippen molar-refractivity contribution in [1.82, 2.24) is 10.3 Å². The van der Waals surface area contributed by atoms with Crippen LogP contribution in [0.15, 0.2) is 41.9 Å². The molecule has 1 aliphatic rings. The molecule has 116 valence electrons. The number of aromatic nitrogens is 1. The molecular weight excluding hydrogens is 316 g/mol. The Morgan fingerprint density at radius 3 is 2.68 bits per heavy atom. The number of carbonyl (C=O) groups is 1. The standard InChI is InChI=1S/C16H18N2O2S2/c19-14(11-22(20)12-15-17-9-10-21-15)18-16(7-4-8-16)13-5-2-1-3-6-13/h1-3,5-6,9-10H,4,7-8,11-12H2,(H,18,19)/t22-/m0/s1. The van der Waals surface area contributed by atoms with E-state index in [1.165, 1.54) is 11.3 Å². The molecule has 1 heterocycles. The Bertz CT molecular complexity index is 652. The highest BCUT2D eigenvalue weighted by molar-refractivity contribution is 7.85. The molecule has 3 rings (SSSR count). The van der Waals surface area contributed by atoms with Gasteiger partial charge in [-0.1, -0.05) is 30.3 Å². The highest BCUT2D eigenvalue weighted by Crippen LogP contribution is 2.41. The van der Waals surface area contributed by atoms with Crippen LogP contribution in [-0.2, 0) is 26.9 Å². The summed E-state index contributed by atoms with van der Waals surface area (Å²) >= 11 is 1.47. The third-order valence-electron chi connectivity index (χ3n) is 3.97. The second-order valence-corrected chi connectivity index (χ2v) is 7.94. The first-order valence-corrected chi connectivity index (χ1v) is 9.65. The van der Waals surface area contributed by atoms with Crippen LogP contribution in [0.3, 0.4) is 0 Å². The maximum atomic E-state index is 12.2. The lowest BCUT2D eigenvalue weighted by atomic mass is 9.72. The number of nitrogens with one attached hydrogen (secondary N) is 1. The van der Waals surface area contributed by atoms with Gasteiger partial charge in [-0.05, 0) is 24.8 Å². The van der Waals surface area contributed by atoms with Gasteiger partial charge in [-0.25, -0.2) is 4.98 Å². The Morgan fingerprint density at radius 2 is 2.09 bits per heavy atom. The van der Waals surface area contributed by atoms with E-state index in [0.717, 1.165) is 29.8 Å². The largest absolute Gasteiger partial charge is 0.346 e. The maximum absolute atomic E-state index is 12.2. The molecule has 22 heavy (non-hydrogen) atoms. The summed E-state index contributed by atoms with van der Waals surface area (Å²) in [6.07, 6.45) is 4.69. The average Bonchev–Trinajstić information content (AvgIpc) is 2.96. The van der Waals surface area contributed by atoms with E-state index in [1.807, 2.05) is 35.7 Å². The minimum atomic E-state index is -1.21. The molecule has 6 heteroatoms. The number of thiazole rings is 1. The Balaban J connectivity index is 1.60. The summed E-state index contributed by atoms with van der Waals surface area (Å²) in [4.78, 5) is 16.3.